The lowest BCUT2D eigenvalue weighted by molar-refractivity contribution is 0.185. The molecular formula is C12H17N3O2. The van der Waals surface area contributed by atoms with Crippen molar-refractivity contribution >= 4 is 11.7 Å². The number of anilines is 1. The van der Waals surface area contributed by atoms with Gasteiger partial charge in [0, 0.05) is 30.2 Å². The lowest BCUT2D eigenvalue weighted by Gasteiger charge is -2.21. The van der Waals surface area contributed by atoms with Gasteiger partial charge in [-0.15, -0.1) is 0 Å². The summed E-state index contributed by atoms with van der Waals surface area (Å²) >= 11 is 0. The molecule has 1 saturated carbocycles. The highest BCUT2D eigenvalue weighted by Gasteiger charge is 2.32. The monoisotopic (exact) mass is 235 g/mol. The summed E-state index contributed by atoms with van der Waals surface area (Å²) in [5, 5.41) is 11.8. The van der Waals surface area contributed by atoms with Crippen molar-refractivity contribution in [2.75, 3.05) is 18.5 Å². The predicted molar refractivity (Wildman–Crippen MR) is 64.8 cm³/mol. The lowest BCUT2D eigenvalue weighted by Crippen LogP contribution is -2.38. The topological polar surface area (TPSA) is 65.5 Å². The van der Waals surface area contributed by atoms with E-state index < -0.39 is 0 Å². The Labute approximate surface area is 100 Å². The summed E-state index contributed by atoms with van der Waals surface area (Å²) in [4.78, 5) is 17.7. The molecule has 1 fully saturated rings. The molecule has 2 amide bonds. The largest absolute Gasteiger partial charge is 0.395 e. The molecule has 0 radical (unpaired) electrons. The second-order valence-corrected chi connectivity index (χ2v) is 4.26. The van der Waals surface area contributed by atoms with Gasteiger partial charge in [-0.25, -0.2) is 4.79 Å². The number of pyridine rings is 1. The van der Waals surface area contributed by atoms with Crippen LogP contribution in [0.2, 0.25) is 0 Å². The summed E-state index contributed by atoms with van der Waals surface area (Å²) in [6, 6.07) is 3.73. The number of urea groups is 1. The molecule has 5 heteroatoms. The van der Waals surface area contributed by atoms with Crippen LogP contribution in [0.25, 0.3) is 0 Å². The van der Waals surface area contributed by atoms with E-state index in [-0.39, 0.29) is 12.6 Å². The quantitative estimate of drug-likeness (QED) is 0.828. The van der Waals surface area contributed by atoms with Crippen molar-refractivity contribution in [2.45, 2.75) is 25.8 Å². The van der Waals surface area contributed by atoms with E-state index in [9.17, 15) is 4.79 Å². The number of rotatable bonds is 4. The number of nitrogens with one attached hydrogen (secondary N) is 1. The van der Waals surface area contributed by atoms with Crippen molar-refractivity contribution in [1.29, 1.82) is 0 Å². The minimum Gasteiger partial charge on any atom is -0.395 e. The molecule has 1 aliphatic rings. The predicted octanol–water partition coefficient (Wildman–Crippen LogP) is 1.38. The first-order chi connectivity index (χ1) is 8.20. The summed E-state index contributed by atoms with van der Waals surface area (Å²) in [5.41, 5.74) is 1.61. The third-order valence-electron chi connectivity index (χ3n) is 2.74. The van der Waals surface area contributed by atoms with Gasteiger partial charge in [-0.3, -0.25) is 4.98 Å². The Morgan fingerprint density at radius 2 is 2.41 bits per heavy atom. The Hall–Kier alpha value is -1.62. The maximum Gasteiger partial charge on any atom is 0.322 e. The molecule has 0 atom stereocenters. The summed E-state index contributed by atoms with van der Waals surface area (Å²) in [6.07, 6.45) is 3.73. The van der Waals surface area contributed by atoms with E-state index in [2.05, 4.69) is 10.3 Å². The minimum absolute atomic E-state index is 0.000701. The number of carbonyl (C=O) groups is 1. The van der Waals surface area contributed by atoms with E-state index in [4.69, 9.17) is 5.11 Å². The van der Waals surface area contributed by atoms with E-state index >= 15 is 0 Å². The van der Waals surface area contributed by atoms with Gasteiger partial charge in [0.05, 0.1) is 6.61 Å². The van der Waals surface area contributed by atoms with Crippen molar-refractivity contribution in [1.82, 2.24) is 9.88 Å². The van der Waals surface area contributed by atoms with Gasteiger partial charge in [0.15, 0.2) is 0 Å². The first-order valence-corrected chi connectivity index (χ1v) is 5.82. The van der Waals surface area contributed by atoms with Gasteiger partial charge >= 0.3 is 6.03 Å². The smallest absolute Gasteiger partial charge is 0.322 e. The first-order valence-electron chi connectivity index (χ1n) is 5.82. The number of aromatic nitrogens is 1. The molecule has 5 nitrogen and oxygen atoms in total. The molecular weight excluding hydrogens is 218 g/mol. The fourth-order valence-electron chi connectivity index (χ4n) is 1.76. The zero-order chi connectivity index (χ0) is 12.3. The van der Waals surface area contributed by atoms with Gasteiger partial charge in [0.1, 0.15) is 0 Å². The summed E-state index contributed by atoms with van der Waals surface area (Å²) in [5.74, 6) is 0. The number of hydrogen-bond acceptors (Lipinski definition) is 3. The Morgan fingerprint density at radius 3 is 3.00 bits per heavy atom. The maximum atomic E-state index is 12.0. The number of aliphatic hydroxyl groups excluding tert-OH is 1. The van der Waals surface area contributed by atoms with E-state index in [0.29, 0.717) is 12.6 Å². The van der Waals surface area contributed by atoms with E-state index in [1.54, 1.807) is 17.2 Å². The van der Waals surface area contributed by atoms with Crippen LogP contribution in [0.4, 0.5) is 10.5 Å². The number of amides is 2. The van der Waals surface area contributed by atoms with Crippen molar-refractivity contribution in [2.24, 2.45) is 0 Å². The van der Waals surface area contributed by atoms with Gasteiger partial charge < -0.3 is 15.3 Å². The van der Waals surface area contributed by atoms with Crippen LogP contribution in [0.1, 0.15) is 18.5 Å². The summed E-state index contributed by atoms with van der Waals surface area (Å²) < 4.78 is 0. The third-order valence-corrected chi connectivity index (χ3v) is 2.74. The normalized spacial score (nSPS) is 14.5. The van der Waals surface area contributed by atoms with Crippen LogP contribution in [0.15, 0.2) is 18.3 Å². The van der Waals surface area contributed by atoms with Gasteiger partial charge in [0.2, 0.25) is 0 Å². The van der Waals surface area contributed by atoms with Crippen molar-refractivity contribution in [3.63, 3.8) is 0 Å². The molecule has 0 aromatic carbocycles. The lowest BCUT2D eigenvalue weighted by atomic mass is 10.3. The highest BCUT2D eigenvalue weighted by atomic mass is 16.3. The molecule has 1 heterocycles. The van der Waals surface area contributed by atoms with E-state index in [1.807, 2.05) is 13.0 Å². The fourth-order valence-corrected chi connectivity index (χ4v) is 1.76. The van der Waals surface area contributed by atoms with Crippen LogP contribution >= 0.6 is 0 Å². The van der Waals surface area contributed by atoms with Gasteiger partial charge in [-0.1, -0.05) is 0 Å². The standard InChI is InChI=1S/C12H17N3O2/c1-9-8-10(4-5-13-9)14-12(17)15(6-7-16)11-2-3-11/h4-5,8,11,16H,2-3,6-7H2,1H3,(H,13,14,17). The van der Waals surface area contributed by atoms with Gasteiger partial charge in [-0.2, -0.15) is 0 Å². The van der Waals surface area contributed by atoms with Crippen LogP contribution in [-0.2, 0) is 0 Å². The number of aliphatic hydroxyl groups is 1. The van der Waals surface area contributed by atoms with Crippen molar-refractivity contribution in [3.8, 4) is 0 Å². The Morgan fingerprint density at radius 1 is 1.65 bits per heavy atom. The summed E-state index contributed by atoms with van der Waals surface area (Å²) in [6.45, 7) is 2.27. The first kappa shape index (κ1) is 11.9. The SMILES string of the molecule is Cc1cc(NC(=O)N(CCO)C2CC2)ccn1. The van der Waals surface area contributed by atoms with Crippen LogP contribution < -0.4 is 5.32 Å². The van der Waals surface area contributed by atoms with Crippen molar-refractivity contribution in [3.05, 3.63) is 24.0 Å². The van der Waals surface area contributed by atoms with Crippen LogP contribution in [0, 0.1) is 6.92 Å². The fraction of sp³-hybridized carbons (Fsp3) is 0.500. The molecule has 0 saturated heterocycles. The zero-order valence-corrected chi connectivity index (χ0v) is 9.89. The second-order valence-electron chi connectivity index (χ2n) is 4.26. The molecule has 0 bridgehead atoms. The average Bonchev–Trinajstić information content (AvgIpc) is 3.09. The van der Waals surface area contributed by atoms with E-state index in [1.165, 1.54) is 0 Å². The third kappa shape index (κ3) is 3.17. The molecule has 0 spiro atoms. The highest BCUT2D eigenvalue weighted by Crippen LogP contribution is 2.27. The van der Waals surface area contributed by atoms with Crippen molar-refractivity contribution < 1.29 is 9.90 Å². The summed E-state index contributed by atoms with van der Waals surface area (Å²) in [7, 11) is 0. The number of carbonyl (C=O) groups excluding carboxylic acids is 1. The highest BCUT2D eigenvalue weighted by molar-refractivity contribution is 5.89. The molecule has 92 valence electrons. The molecule has 1 aliphatic carbocycles. The second kappa shape index (κ2) is 5.14. The molecule has 2 N–H and O–H groups in total. The average molecular weight is 235 g/mol. The van der Waals surface area contributed by atoms with E-state index in [0.717, 1.165) is 24.2 Å². The Kier molecular flexibility index (Phi) is 3.58. The van der Waals surface area contributed by atoms with Gasteiger partial charge in [0.25, 0.3) is 0 Å². The van der Waals surface area contributed by atoms with Crippen LogP contribution in [0.5, 0.6) is 0 Å². The molecule has 0 unspecified atom stereocenters. The van der Waals surface area contributed by atoms with Crippen LogP contribution in [-0.4, -0.2) is 40.2 Å². The minimum atomic E-state index is -0.146. The number of aryl methyl sites for hydroxylation is 1. The number of hydrogen-bond donors (Lipinski definition) is 2. The molecule has 17 heavy (non-hydrogen) atoms. The van der Waals surface area contributed by atoms with Crippen LogP contribution in [0.3, 0.4) is 0 Å². The maximum absolute atomic E-state index is 12.0. The molecule has 0 aliphatic heterocycles. The van der Waals surface area contributed by atoms with Gasteiger partial charge in [-0.05, 0) is 31.9 Å². The Bertz CT molecular complexity index is 404. The molecule has 1 aromatic heterocycles. The Balaban J connectivity index is 1.99. The molecule has 2 rings (SSSR count). The zero-order valence-electron chi connectivity index (χ0n) is 9.89. The number of nitrogens with zero attached hydrogens (tertiary/aromatic N) is 2. The molecule has 1 aromatic rings.